The van der Waals surface area contributed by atoms with Gasteiger partial charge >= 0.3 is 5.97 Å². The molecule has 0 aliphatic carbocycles. The van der Waals surface area contributed by atoms with Gasteiger partial charge in [-0.15, -0.1) is 11.3 Å². The normalized spacial score (nSPS) is 10.3. The smallest absolute Gasteiger partial charge is 0.327 e. The van der Waals surface area contributed by atoms with Crippen LogP contribution in [-0.4, -0.2) is 28.8 Å². The van der Waals surface area contributed by atoms with Gasteiger partial charge in [-0.05, 0) is 19.9 Å². The predicted molar refractivity (Wildman–Crippen MR) is 76.0 cm³/mol. The highest BCUT2D eigenvalue weighted by Crippen LogP contribution is 2.21. The first-order chi connectivity index (χ1) is 9.49. The van der Waals surface area contributed by atoms with Crippen LogP contribution >= 0.6 is 11.3 Å². The van der Waals surface area contributed by atoms with Gasteiger partial charge in [-0.2, -0.15) is 5.10 Å². The molecule has 2 aromatic rings. The maximum atomic E-state index is 12.1. The summed E-state index contributed by atoms with van der Waals surface area (Å²) in [5.74, 6) is -0.570. The number of carbonyl (C=O) groups is 2. The monoisotopic (exact) mass is 293 g/mol. The molecule has 2 rings (SSSR count). The van der Waals surface area contributed by atoms with E-state index in [2.05, 4.69) is 15.2 Å². The Kier molecular flexibility index (Phi) is 4.19. The van der Waals surface area contributed by atoms with Gasteiger partial charge < -0.3 is 10.1 Å². The van der Waals surface area contributed by atoms with Crippen molar-refractivity contribution in [2.45, 2.75) is 20.4 Å². The number of methoxy groups -OCH3 is 1. The highest BCUT2D eigenvalue weighted by Gasteiger charge is 2.13. The van der Waals surface area contributed by atoms with Crippen LogP contribution in [0.3, 0.4) is 0 Å². The van der Waals surface area contributed by atoms with Crippen molar-refractivity contribution in [1.29, 1.82) is 0 Å². The van der Waals surface area contributed by atoms with Crippen LogP contribution in [0.25, 0.3) is 0 Å². The summed E-state index contributed by atoms with van der Waals surface area (Å²) in [5.41, 5.74) is 1.20. The minimum atomic E-state index is -0.393. The summed E-state index contributed by atoms with van der Waals surface area (Å²) >= 11 is 1.58. The molecule has 0 aliphatic heterocycles. The number of amides is 1. The highest BCUT2D eigenvalue weighted by atomic mass is 32.1. The van der Waals surface area contributed by atoms with E-state index in [0.29, 0.717) is 11.3 Å². The largest absolute Gasteiger partial charge is 0.468 e. The molecule has 0 saturated heterocycles. The molecule has 0 atom stereocenters. The van der Waals surface area contributed by atoms with Crippen molar-refractivity contribution in [3.8, 4) is 0 Å². The summed E-state index contributed by atoms with van der Waals surface area (Å²) in [6, 6.07) is 1.86. The van der Waals surface area contributed by atoms with Crippen LogP contribution in [0.1, 0.15) is 20.1 Å². The van der Waals surface area contributed by atoms with E-state index in [0.717, 1.165) is 9.75 Å². The van der Waals surface area contributed by atoms with E-state index < -0.39 is 5.97 Å². The SMILES string of the molecule is COC(=O)Cn1cc(NC(=O)c2cc(C)sc2C)cn1. The minimum Gasteiger partial charge on any atom is -0.468 e. The molecule has 0 aromatic carbocycles. The van der Waals surface area contributed by atoms with Crippen LogP contribution < -0.4 is 5.32 Å². The zero-order valence-corrected chi connectivity index (χ0v) is 12.3. The zero-order chi connectivity index (χ0) is 14.7. The molecular formula is C13H15N3O3S. The van der Waals surface area contributed by atoms with E-state index in [-0.39, 0.29) is 12.5 Å². The summed E-state index contributed by atoms with van der Waals surface area (Å²) in [7, 11) is 1.32. The second-order valence-electron chi connectivity index (χ2n) is 4.28. The molecular weight excluding hydrogens is 278 g/mol. The number of rotatable bonds is 4. The Hall–Kier alpha value is -2.15. The fourth-order valence-electron chi connectivity index (χ4n) is 1.77. The number of aryl methyl sites for hydroxylation is 2. The van der Waals surface area contributed by atoms with E-state index in [4.69, 9.17) is 0 Å². The highest BCUT2D eigenvalue weighted by molar-refractivity contribution is 7.12. The van der Waals surface area contributed by atoms with Crippen molar-refractivity contribution >= 4 is 28.9 Å². The number of esters is 1. The zero-order valence-electron chi connectivity index (χ0n) is 11.5. The molecule has 1 amide bonds. The summed E-state index contributed by atoms with van der Waals surface area (Å²) in [5, 5.41) is 6.74. The van der Waals surface area contributed by atoms with Crippen LogP contribution in [0.2, 0.25) is 0 Å². The van der Waals surface area contributed by atoms with Crippen LogP contribution in [-0.2, 0) is 16.1 Å². The molecule has 106 valence electrons. The molecule has 7 heteroatoms. The standard InChI is InChI=1S/C13H15N3O3S/c1-8-4-11(9(2)20-8)13(18)15-10-5-14-16(6-10)7-12(17)19-3/h4-6H,7H2,1-3H3,(H,15,18). The summed E-state index contributed by atoms with van der Waals surface area (Å²) < 4.78 is 5.96. The summed E-state index contributed by atoms with van der Waals surface area (Å²) in [4.78, 5) is 25.3. The van der Waals surface area contributed by atoms with Crippen LogP contribution in [0, 0.1) is 13.8 Å². The molecule has 6 nitrogen and oxygen atoms in total. The lowest BCUT2D eigenvalue weighted by Gasteiger charge is -2.01. The first-order valence-electron chi connectivity index (χ1n) is 5.97. The summed E-state index contributed by atoms with van der Waals surface area (Å²) in [6.07, 6.45) is 3.08. The van der Waals surface area contributed by atoms with Crippen LogP contribution in [0.5, 0.6) is 0 Å². The average Bonchev–Trinajstić information content (AvgIpc) is 2.95. The fraction of sp³-hybridized carbons (Fsp3) is 0.308. The van der Waals surface area contributed by atoms with Gasteiger partial charge in [0, 0.05) is 16.0 Å². The Balaban J connectivity index is 2.05. The van der Waals surface area contributed by atoms with E-state index in [1.807, 2.05) is 19.9 Å². The van der Waals surface area contributed by atoms with Crippen molar-refractivity contribution in [2.75, 3.05) is 12.4 Å². The molecule has 0 aliphatic rings. The van der Waals surface area contributed by atoms with Crippen molar-refractivity contribution in [3.05, 3.63) is 33.8 Å². The van der Waals surface area contributed by atoms with Gasteiger partial charge in [0.2, 0.25) is 0 Å². The first kappa shape index (κ1) is 14.3. The Labute approximate surface area is 120 Å². The molecule has 0 unspecified atom stereocenters. The lowest BCUT2D eigenvalue weighted by atomic mass is 10.2. The predicted octanol–water partition coefficient (Wildman–Crippen LogP) is 1.99. The topological polar surface area (TPSA) is 73.2 Å². The first-order valence-corrected chi connectivity index (χ1v) is 6.79. The Morgan fingerprint density at radius 1 is 1.45 bits per heavy atom. The number of thiophene rings is 1. The molecule has 1 N–H and O–H groups in total. The molecule has 0 spiro atoms. The van der Waals surface area contributed by atoms with Gasteiger partial charge in [0.25, 0.3) is 5.91 Å². The molecule has 20 heavy (non-hydrogen) atoms. The van der Waals surface area contributed by atoms with Crippen LogP contribution in [0.4, 0.5) is 5.69 Å². The number of anilines is 1. The molecule has 0 radical (unpaired) electrons. The van der Waals surface area contributed by atoms with Gasteiger partial charge in [0.15, 0.2) is 0 Å². The van der Waals surface area contributed by atoms with Gasteiger partial charge in [-0.25, -0.2) is 0 Å². The number of nitrogens with zero attached hydrogens (tertiary/aromatic N) is 2. The fourth-order valence-corrected chi connectivity index (χ4v) is 2.69. The number of ether oxygens (including phenoxy) is 1. The van der Waals surface area contributed by atoms with Gasteiger partial charge in [-0.1, -0.05) is 0 Å². The Morgan fingerprint density at radius 3 is 2.80 bits per heavy atom. The van der Waals surface area contributed by atoms with Crippen LogP contribution in [0.15, 0.2) is 18.5 Å². The van der Waals surface area contributed by atoms with E-state index in [1.165, 1.54) is 18.0 Å². The Morgan fingerprint density at radius 2 is 2.20 bits per heavy atom. The quantitative estimate of drug-likeness (QED) is 0.875. The lowest BCUT2D eigenvalue weighted by Crippen LogP contribution is -2.13. The average molecular weight is 293 g/mol. The molecule has 2 heterocycles. The van der Waals surface area contributed by atoms with E-state index in [9.17, 15) is 9.59 Å². The second kappa shape index (κ2) is 5.87. The maximum Gasteiger partial charge on any atom is 0.327 e. The number of carbonyl (C=O) groups excluding carboxylic acids is 2. The molecule has 0 saturated carbocycles. The van der Waals surface area contributed by atoms with Crippen molar-refractivity contribution in [1.82, 2.24) is 9.78 Å². The third-order valence-electron chi connectivity index (χ3n) is 2.70. The number of aromatic nitrogens is 2. The summed E-state index contributed by atoms with van der Waals surface area (Å²) in [6.45, 7) is 3.89. The van der Waals surface area contributed by atoms with E-state index >= 15 is 0 Å². The van der Waals surface area contributed by atoms with Gasteiger partial charge in [0.1, 0.15) is 6.54 Å². The Bertz CT molecular complexity index is 645. The van der Waals surface area contributed by atoms with Gasteiger partial charge in [0.05, 0.1) is 24.6 Å². The molecule has 0 bridgehead atoms. The lowest BCUT2D eigenvalue weighted by molar-refractivity contribution is -0.141. The molecule has 2 aromatic heterocycles. The maximum absolute atomic E-state index is 12.1. The third-order valence-corrected chi connectivity index (χ3v) is 3.66. The molecule has 0 fully saturated rings. The van der Waals surface area contributed by atoms with E-state index in [1.54, 1.807) is 17.5 Å². The number of hydrogen-bond donors (Lipinski definition) is 1. The van der Waals surface area contributed by atoms with Gasteiger partial charge in [-0.3, -0.25) is 14.3 Å². The number of hydrogen-bond acceptors (Lipinski definition) is 5. The van der Waals surface area contributed by atoms with Crippen molar-refractivity contribution < 1.29 is 14.3 Å². The number of nitrogens with one attached hydrogen (secondary N) is 1. The second-order valence-corrected chi connectivity index (χ2v) is 5.74. The van der Waals surface area contributed by atoms with Crippen molar-refractivity contribution in [2.24, 2.45) is 0 Å². The third kappa shape index (κ3) is 3.24. The minimum absolute atomic E-state index is 0.0168. The van der Waals surface area contributed by atoms with Crippen molar-refractivity contribution in [3.63, 3.8) is 0 Å².